The van der Waals surface area contributed by atoms with Gasteiger partial charge in [-0.2, -0.15) is 13.2 Å². The lowest BCUT2D eigenvalue weighted by molar-refractivity contribution is -0.142. The Morgan fingerprint density at radius 3 is 2.70 bits per heavy atom. The van der Waals surface area contributed by atoms with Gasteiger partial charge in [0, 0.05) is 5.92 Å². The summed E-state index contributed by atoms with van der Waals surface area (Å²) in [5.41, 5.74) is -0.273. The molecule has 2 fully saturated rings. The Bertz CT molecular complexity index is 1140. The largest absolute Gasteiger partial charge is 0.424 e. The molecule has 1 aromatic carbocycles. The van der Waals surface area contributed by atoms with Crippen molar-refractivity contribution in [3.63, 3.8) is 0 Å². The van der Waals surface area contributed by atoms with Crippen molar-refractivity contribution in [3.05, 3.63) is 52.2 Å². The quantitative estimate of drug-likeness (QED) is 0.630. The average molecular weight is 419 g/mol. The molecule has 10 heteroatoms. The Morgan fingerprint density at radius 2 is 1.93 bits per heavy atom. The molecular weight excluding hydrogens is 399 g/mol. The summed E-state index contributed by atoms with van der Waals surface area (Å²) in [7, 11) is 0. The summed E-state index contributed by atoms with van der Waals surface area (Å²) < 4.78 is 46.3. The highest BCUT2D eigenvalue weighted by molar-refractivity contribution is 5.77. The first kappa shape index (κ1) is 19.2. The van der Waals surface area contributed by atoms with Crippen molar-refractivity contribution < 1.29 is 17.6 Å². The minimum Gasteiger partial charge on any atom is -0.424 e. The molecule has 3 aromatic rings. The van der Waals surface area contributed by atoms with Gasteiger partial charge in [-0.3, -0.25) is 14.3 Å². The van der Waals surface area contributed by atoms with E-state index in [4.69, 9.17) is 4.42 Å². The number of hydrogen-bond acceptors (Lipinski definition) is 6. The standard InChI is InChI=1S/C20H20F3N5O2/c21-20(22,23)11-28-17(24-14-5-2-1-4-13(14)19(28)29)15-6-3-9-27(15)10-16-25-26-18(30-16)12-7-8-12/h1-2,4-5,12,15H,3,6-11H2. The number of nitrogens with zero attached hydrogens (tertiary/aromatic N) is 5. The number of para-hydroxylation sites is 1. The molecule has 2 aliphatic rings. The summed E-state index contributed by atoms with van der Waals surface area (Å²) in [4.78, 5) is 19.4. The van der Waals surface area contributed by atoms with Gasteiger partial charge in [-0.05, 0) is 44.4 Å². The molecule has 0 amide bonds. The summed E-state index contributed by atoms with van der Waals surface area (Å²) in [5.74, 6) is 1.53. The molecule has 2 aromatic heterocycles. The van der Waals surface area contributed by atoms with Gasteiger partial charge in [0.1, 0.15) is 12.4 Å². The number of aromatic nitrogens is 4. The lowest BCUT2D eigenvalue weighted by Gasteiger charge is -2.25. The highest BCUT2D eigenvalue weighted by Crippen LogP contribution is 2.39. The summed E-state index contributed by atoms with van der Waals surface area (Å²) in [6.07, 6.45) is -1.07. The molecule has 1 aliphatic carbocycles. The molecular formula is C20H20F3N5O2. The fraction of sp³-hybridized carbons (Fsp3) is 0.500. The van der Waals surface area contributed by atoms with Gasteiger partial charge in [0.15, 0.2) is 0 Å². The van der Waals surface area contributed by atoms with Crippen LogP contribution in [0, 0.1) is 0 Å². The fourth-order valence-corrected chi connectivity index (χ4v) is 4.08. The second-order valence-electron chi connectivity index (χ2n) is 7.93. The van der Waals surface area contributed by atoms with E-state index in [0.29, 0.717) is 42.7 Å². The maximum atomic E-state index is 13.3. The van der Waals surface area contributed by atoms with Gasteiger partial charge in [0.05, 0.1) is 23.5 Å². The van der Waals surface area contributed by atoms with E-state index in [1.54, 1.807) is 18.2 Å². The SMILES string of the molecule is O=c1c2ccccc2nc(C2CCCN2Cc2nnc(C3CC3)o2)n1CC(F)(F)F. The first-order valence-corrected chi connectivity index (χ1v) is 10.0. The van der Waals surface area contributed by atoms with Crippen molar-refractivity contribution >= 4 is 10.9 Å². The van der Waals surface area contributed by atoms with Crippen LogP contribution in [0.2, 0.25) is 0 Å². The van der Waals surface area contributed by atoms with Gasteiger partial charge in [-0.1, -0.05) is 12.1 Å². The first-order chi connectivity index (χ1) is 14.4. The van der Waals surface area contributed by atoms with Crippen LogP contribution in [0.1, 0.15) is 55.2 Å². The summed E-state index contributed by atoms with van der Waals surface area (Å²) in [6, 6.07) is 6.07. The van der Waals surface area contributed by atoms with E-state index in [1.807, 2.05) is 4.90 Å². The lowest BCUT2D eigenvalue weighted by Crippen LogP contribution is -2.35. The molecule has 1 unspecified atom stereocenters. The van der Waals surface area contributed by atoms with Crippen LogP contribution in [0.15, 0.2) is 33.5 Å². The molecule has 0 bridgehead atoms. The van der Waals surface area contributed by atoms with Crippen LogP contribution < -0.4 is 5.56 Å². The van der Waals surface area contributed by atoms with Crippen LogP contribution in [0.5, 0.6) is 0 Å². The molecule has 0 spiro atoms. The Hall–Kier alpha value is -2.75. The Balaban J connectivity index is 1.52. The number of benzene rings is 1. The van der Waals surface area contributed by atoms with Crippen LogP contribution >= 0.6 is 0 Å². The third-order valence-corrected chi connectivity index (χ3v) is 5.64. The lowest BCUT2D eigenvalue weighted by atomic mass is 10.1. The number of rotatable bonds is 5. The Labute approximate surface area is 169 Å². The van der Waals surface area contributed by atoms with E-state index in [0.717, 1.165) is 23.8 Å². The van der Waals surface area contributed by atoms with Crippen LogP contribution in [-0.4, -0.2) is 37.4 Å². The zero-order valence-corrected chi connectivity index (χ0v) is 16.1. The van der Waals surface area contributed by atoms with Crippen molar-refractivity contribution in [3.8, 4) is 0 Å². The molecule has 158 valence electrons. The van der Waals surface area contributed by atoms with E-state index >= 15 is 0 Å². The predicted octanol–water partition coefficient (Wildman–Crippen LogP) is 3.56. The van der Waals surface area contributed by atoms with Gasteiger partial charge in [0.25, 0.3) is 5.56 Å². The average Bonchev–Trinajstić information content (AvgIpc) is 3.28. The molecule has 1 aliphatic heterocycles. The van der Waals surface area contributed by atoms with E-state index in [-0.39, 0.29) is 11.2 Å². The molecule has 30 heavy (non-hydrogen) atoms. The molecule has 0 radical (unpaired) electrons. The minimum absolute atomic E-state index is 0.135. The molecule has 0 N–H and O–H groups in total. The van der Waals surface area contributed by atoms with Gasteiger partial charge in [-0.15, -0.1) is 10.2 Å². The van der Waals surface area contributed by atoms with Gasteiger partial charge < -0.3 is 4.42 Å². The van der Waals surface area contributed by atoms with Crippen molar-refractivity contribution in [1.29, 1.82) is 0 Å². The third-order valence-electron chi connectivity index (χ3n) is 5.64. The summed E-state index contributed by atoms with van der Waals surface area (Å²) in [6.45, 7) is -0.393. The van der Waals surface area contributed by atoms with Crippen molar-refractivity contribution in [2.75, 3.05) is 6.54 Å². The van der Waals surface area contributed by atoms with Crippen molar-refractivity contribution in [2.45, 2.75) is 56.9 Å². The number of hydrogen-bond donors (Lipinski definition) is 0. The highest BCUT2D eigenvalue weighted by Gasteiger charge is 2.36. The number of alkyl halides is 3. The Kier molecular flexibility index (Phi) is 4.61. The number of fused-ring (bicyclic) bond motifs is 1. The third kappa shape index (κ3) is 3.71. The summed E-state index contributed by atoms with van der Waals surface area (Å²) in [5, 5.41) is 8.35. The highest BCUT2D eigenvalue weighted by atomic mass is 19.4. The van der Waals surface area contributed by atoms with Crippen LogP contribution in [0.3, 0.4) is 0 Å². The molecule has 5 rings (SSSR count). The smallest absolute Gasteiger partial charge is 0.406 e. The van der Waals surface area contributed by atoms with E-state index in [2.05, 4.69) is 15.2 Å². The minimum atomic E-state index is -4.53. The van der Waals surface area contributed by atoms with Crippen LogP contribution in [-0.2, 0) is 13.1 Å². The van der Waals surface area contributed by atoms with E-state index in [9.17, 15) is 18.0 Å². The van der Waals surface area contributed by atoms with Crippen molar-refractivity contribution in [1.82, 2.24) is 24.6 Å². The van der Waals surface area contributed by atoms with Crippen LogP contribution in [0.4, 0.5) is 13.2 Å². The number of likely N-dealkylation sites (tertiary alicyclic amines) is 1. The normalized spacial score (nSPS) is 20.3. The zero-order valence-electron chi connectivity index (χ0n) is 16.1. The molecule has 7 nitrogen and oxygen atoms in total. The predicted molar refractivity (Wildman–Crippen MR) is 101 cm³/mol. The number of halogens is 3. The molecule has 1 atom stereocenters. The Morgan fingerprint density at radius 1 is 1.13 bits per heavy atom. The van der Waals surface area contributed by atoms with Gasteiger partial charge >= 0.3 is 6.18 Å². The maximum absolute atomic E-state index is 13.3. The van der Waals surface area contributed by atoms with E-state index < -0.39 is 24.3 Å². The fourth-order valence-electron chi connectivity index (χ4n) is 4.08. The molecule has 1 saturated heterocycles. The second-order valence-corrected chi connectivity index (χ2v) is 7.93. The monoisotopic (exact) mass is 419 g/mol. The van der Waals surface area contributed by atoms with Crippen LogP contribution in [0.25, 0.3) is 10.9 Å². The van der Waals surface area contributed by atoms with Gasteiger partial charge in [0.2, 0.25) is 11.8 Å². The summed E-state index contributed by atoms with van der Waals surface area (Å²) >= 11 is 0. The van der Waals surface area contributed by atoms with Crippen molar-refractivity contribution in [2.24, 2.45) is 0 Å². The van der Waals surface area contributed by atoms with Gasteiger partial charge in [-0.25, -0.2) is 4.98 Å². The zero-order chi connectivity index (χ0) is 20.9. The molecule has 1 saturated carbocycles. The topological polar surface area (TPSA) is 77.1 Å². The van der Waals surface area contributed by atoms with E-state index in [1.165, 1.54) is 6.07 Å². The molecule has 3 heterocycles. The maximum Gasteiger partial charge on any atom is 0.406 e. The second kappa shape index (κ2) is 7.19. The first-order valence-electron chi connectivity index (χ1n) is 10.0.